The molecule has 0 saturated heterocycles. The number of carbonyl (C=O) groups excluding carboxylic acids is 2. The first-order chi connectivity index (χ1) is 11.3. The number of hydrogen-bond acceptors (Lipinski definition) is 4. The van der Waals surface area contributed by atoms with Gasteiger partial charge in [0.15, 0.2) is 11.4 Å². The van der Waals surface area contributed by atoms with Crippen molar-refractivity contribution in [3.63, 3.8) is 0 Å². The Kier molecular flexibility index (Phi) is 3.81. The number of halogens is 1. The van der Waals surface area contributed by atoms with Crippen LogP contribution in [0.2, 0.25) is 5.02 Å². The number of hydrogen-bond donors (Lipinski definition) is 2. The molecule has 0 fully saturated rings. The van der Waals surface area contributed by atoms with Gasteiger partial charge in [-0.15, -0.1) is 0 Å². The Morgan fingerprint density at radius 3 is 2.42 bits per heavy atom. The van der Waals surface area contributed by atoms with Crippen LogP contribution in [-0.2, 0) is 15.1 Å². The summed E-state index contributed by atoms with van der Waals surface area (Å²) in [5.74, 6) is -1.88. The van der Waals surface area contributed by atoms with Crippen molar-refractivity contribution in [1.82, 2.24) is 0 Å². The number of rotatable bonds is 3. The van der Waals surface area contributed by atoms with Crippen molar-refractivity contribution in [2.45, 2.75) is 12.5 Å². The molecule has 6 heteroatoms. The molecule has 0 aromatic heterocycles. The van der Waals surface area contributed by atoms with E-state index in [0.29, 0.717) is 10.6 Å². The second kappa shape index (κ2) is 5.69. The fourth-order valence-corrected chi connectivity index (χ4v) is 2.79. The quantitative estimate of drug-likeness (QED) is 0.895. The van der Waals surface area contributed by atoms with Gasteiger partial charge in [0.25, 0.3) is 0 Å². The van der Waals surface area contributed by atoms with Gasteiger partial charge in [-0.2, -0.15) is 0 Å². The maximum Gasteiger partial charge on any atom is 0.249 e. The molecule has 2 aromatic carbocycles. The Balaban J connectivity index is 2.08. The number of ether oxygens (including phenoxy) is 1. The van der Waals surface area contributed by atoms with Crippen molar-refractivity contribution in [2.24, 2.45) is 5.73 Å². The Morgan fingerprint density at radius 2 is 1.79 bits per heavy atom. The molecule has 0 radical (unpaired) electrons. The van der Waals surface area contributed by atoms with Crippen LogP contribution in [-0.4, -0.2) is 16.8 Å². The summed E-state index contributed by atoms with van der Waals surface area (Å²) in [6, 6.07) is 12.9. The van der Waals surface area contributed by atoms with Crippen LogP contribution in [0.25, 0.3) is 5.76 Å². The summed E-state index contributed by atoms with van der Waals surface area (Å²) in [5, 5.41) is 10.8. The van der Waals surface area contributed by atoms with Gasteiger partial charge < -0.3 is 15.6 Å². The van der Waals surface area contributed by atoms with Crippen LogP contribution < -0.4 is 5.73 Å². The van der Waals surface area contributed by atoms with Gasteiger partial charge in [-0.05, 0) is 25.1 Å². The van der Waals surface area contributed by atoms with E-state index >= 15 is 0 Å². The van der Waals surface area contributed by atoms with Crippen molar-refractivity contribution in [2.75, 3.05) is 0 Å². The SMILES string of the molecule is CC1(c2ccc(Cl)cc2)OC(c2ccccc2C(N)=O)=C(O)C1=O. The summed E-state index contributed by atoms with van der Waals surface area (Å²) in [7, 11) is 0. The Morgan fingerprint density at radius 1 is 1.17 bits per heavy atom. The Labute approximate surface area is 143 Å². The number of carbonyl (C=O) groups is 2. The molecular weight excluding hydrogens is 330 g/mol. The third kappa shape index (κ3) is 2.43. The van der Waals surface area contributed by atoms with E-state index < -0.39 is 23.1 Å². The zero-order valence-electron chi connectivity index (χ0n) is 12.7. The summed E-state index contributed by atoms with van der Waals surface area (Å²) < 4.78 is 5.81. The van der Waals surface area contributed by atoms with E-state index in [1.807, 2.05) is 0 Å². The van der Waals surface area contributed by atoms with Crippen molar-refractivity contribution < 1.29 is 19.4 Å². The van der Waals surface area contributed by atoms with Crippen molar-refractivity contribution in [3.05, 3.63) is 76.0 Å². The molecule has 3 rings (SSSR count). The van der Waals surface area contributed by atoms with Crippen molar-refractivity contribution >= 4 is 29.1 Å². The first kappa shape index (κ1) is 16.1. The molecule has 3 N–H and O–H groups in total. The summed E-state index contributed by atoms with van der Waals surface area (Å²) >= 11 is 5.87. The molecule has 1 atom stereocenters. The van der Waals surface area contributed by atoms with Gasteiger partial charge in [0.2, 0.25) is 17.4 Å². The smallest absolute Gasteiger partial charge is 0.249 e. The Hall–Kier alpha value is -2.79. The van der Waals surface area contributed by atoms with Gasteiger partial charge in [-0.1, -0.05) is 41.9 Å². The fourth-order valence-electron chi connectivity index (χ4n) is 2.66. The molecule has 0 aliphatic carbocycles. The standard InChI is InChI=1S/C18H14ClNO4/c1-18(10-6-8-11(19)9-7-10)16(22)14(21)15(24-18)12-4-2-3-5-13(12)17(20)23/h2-9,21H,1H3,(H2,20,23). The minimum atomic E-state index is -1.41. The highest BCUT2D eigenvalue weighted by Gasteiger charge is 2.48. The zero-order chi connectivity index (χ0) is 17.5. The second-order valence-electron chi connectivity index (χ2n) is 5.56. The molecule has 1 aliphatic heterocycles. The number of primary amides is 1. The molecule has 122 valence electrons. The lowest BCUT2D eigenvalue weighted by Gasteiger charge is -2.24. The first-order valence-corrected chi connectivity index (χ1v) is 7.54. The van der Waals surface area contributed by atoms with E-state index in [1.165, 1.54) is 6.07 Å². The average Bonchev–Trinajstić information content (AvgIpc) is 2.80. The molecule has 1 heterocycles. The lowest BCUT2D eigenvalue weighted by molar-refractivity contribution is -0.130. The van der Waals surface area contributed by atoms with E-state index in [0.717, 1.165) is 0 Å². The van der Waals surface area contributed by atoms with Crippen molar-refractivity contribution in [3.8, 4) is 0 Å². The number of amides is 1. The zero-order valence-corrected chi connectivity index (χ0v) is 13.5. The monoisotopic (exact) mass is 343 g/mol. The number of nitrogens with two attached hydrogens (primary N) is 1. The van der Waals surface area contributed by atoms with Gasteiger partial charge >= 0.3 is 0 Å². The van der Waals surface area contributed by atoms with E-state index in [4.69, 9.17) is 22.1 Å². The van der Waals surface area contributed by atoms with Gasteiger partial charge in [0, 0.05) is 16.1 Å². The van der Waals surface area contributed by atoms with E-state index in [-0.39, 0.29) is 16.9 Å². The highest BCUT2D eigenvalue weighted by Crippen LogP contribution is 2.42. The molecule has 0 bridgehead atoms. The predicted molar refractivity (Wildman–Crippen MR) is 89.4 cm³/mol. The van der Waals surface area contributed by atoms with Gasteiger partial charge in [0.1, 0.15) is 0 Å². The molecule has 1 amide bonds. The minimum absolute atomic E-state index is 0.0631. The highest BCUT2D eigenvalue weighted by molar-refractivity contribution is 6.30. The summed E-state index contributed by atoms with van der Waals surface area (Å²) in [5.41, 5.74) is 4.92. The number of aliphatic hydroxyl groups is 1. The predicted octanol–water partition coefficient (Wildman–Crippen LogP) is 3.18. The van der Waals surface area contributed by atoms with Gasteiger partial charge in [0.05, 0.1) is 5.56 Å². The molecule has 0 spiro atoms. The number of benzene rings is 2. The largest absolute Gasteiger partial charge is 0.502 e. The molecule has 0 saturated carbocycles. The minimum Gasteiger partial charge on any atom is -0.502 e. The molecule has 24 heavy (non-hydrogen) atoms. The third-order valence-electron chi connectivity index (χ3n) is 4.00. The molecule has 2 aromatic rings. The third-order valence-corrected chi connectivity index (χ3v) is 4.25. The number of Topliss-reactive ketones (excluding diaryl/α,β-unsaturated/α-hetero) is 1. The van der Waals surface area contributed by atoms with Crippen molar-refractivity contribution in [1.29, 1.82) is 0 Å². The molecule has 1 aliphatic rings. The molecule has 5 nitrogen and oxygen atoms in total. The normalized spacial score (nSPS) is 20.2. The van der Waals surface area contributed by atoms with Crippen LogP contribution >= 0.6 is 11.6 Å². The van der Waals surface area contributed by atoms with E-state index in [2.05, 4.69) is 0 Å². The number of aliphatic hydroxyl groups excluding tert-OH is 1. The van der Waals surface area contributed by atoms with E-state index in [9.17, 15) is 14.7 Å². The topological polar surface area (TPSA) is 89.6 Å². The summed E-state index contributed by atoms with van der Waals surface area (Å²) in [4.78, 5) is 24.2. The lowest BCUT2D eigenvalue weighted by atomic mass is 9.91. The molecular formula is C18H14ClNO4. The summed E-state index contributed by atoms with van der Waals surface area (Å²) in [6.45, 7) is 1.55. The maximum absolute atomic E-state index is 12.6. The molecule has 1 unspecified atom stereocenters. The average molecular weight is 344 g/mol. The Bertz CT molecular complexity index is 873. The summed E-state index contributed by atoms with van der Waals surface area (Å²) in [6.07, 6.45) is 0. The van der Waals surface area contributed by atoms with Crippen LogP contribution in [0.4, 0.5) is 0 Å². The van der Waals surface area contributed by atoms with Crippen LogP contribution in [0.1, 0.15) is 28.4 Å². The maximum atomic E-state index is 12.6. The van der Waals surface area contributed by atoms with E-state index in [1.54, 1.807) is 49.4 Å². The van der Waals surface area contributed by atoms with Crippen LogP contribution in [0, 0.1) is 0 Å². The van der Waals surface area contributed by atoms with Crippen LogP contribution in [0.15, 0.2) is 54.3 Å². The second-order valence-corrected chi connectivity index (χ2v) is 6.00. The lowest BCUT2D eigenvalue weighted by Crippen LogP contribution is -2.30. The van der Waals surface area contributed by atoms with Gasteiger partial charge in [-0.25, -0.2) is 0 Å². The number of ketones is 1. The fraction of sp³-hybridized carbons (Fsp3) is 0.111. The van der Waals surface area contributed by atoms with Crippen LogP contribution in [0.5, 0.6) is 0 Å². The first-order valence-electron chi connectivity index (χ1n) is 7.17. The van der Waals surface area contributed by atoms with Crippen LogP contribution in [0.3, 0.4) is 0 Å². The van der Waals surface area contributed by atoms with Gasteiger partial charge in [-0.3, -0.25) is 9.59 Å². The highest BCUT2D eigenvalue weighted by atomic mass is 35.5.